The molecule has 0 saturated heterocycles. The third-order valence-electron chi connectivity index (χ3n) is 2.87. The predicted octanol–water partition coefficient (Wildman–Crippen LogP) is 3.17. The molecule has 0 aliphatic carbocycles. The molecule has 0 atom stereocenters. The normalized spacial score (nSPS) is 10.4. The second-order valence-electron chi connectivity index (χ2n) is 4.33. The van der Waals surface area contributed by atoms with Gasteiger partial charge in [-0.25, -0.2) is 8.78 Å². The number of Topliss-reactive ketones (excluding diaryl/α,β-unsaturated/α-hetero) is 1. The minimum Gasteiger partial charge on any atom is -0.469 e. The zero-order valence-corrected chi connectivity index (χ0v) is 12.0. The summed E-state index contributed by atoms with van der Waals surface area (Å²) < 4.78 is 31.1. The minimum atomic E-state index is -1.00. The maximum absolute atomic E-state index is 13.5. The number of ether oxygens (including phenoxy) is 1. The SMILES string of the molecule is COC(=O)Cc1ccc(C(=O)Cc2cccc(F)c2F)s1. The molecule has 2 aromatic rings. The third kappa shape index (κ3) is 3.72. The molecule has 0 N–H and O–H groups in total. The maximum atomic E-state index is 13.5. The van der Waals surface area contributed by atoms with Crippen LogP contribution in [-0.4, -0.2) is 18.9 Å². The van der Waals surface area contributed by atoms with Gasteiger partial charge in [-0.1, -0.05) is 12.1 Å². The van der Waals surface area contributed by atoms with Gasteiger partial charge in [0.2, 0.25) is 0 Å². The van der Waals surface area contributed by atoms with Crippen molar-refractivity contribution in [3.05, 3.63) is 57.3 Å². The van der Waals surface area contributed by atoms with Gasteiger partial charge < -0.3 is 4.74 Å². The van der Waals surface area contributed by atoms with Crippen LogP contribution in [0.4, 0.5) is 8.78 Å². The van der Waals surface area contributed by atoms with Crippen LogP contribution < -0.4 is 0 Å². The van der Waals surface area contributed by atoms with Crippen LogP contribution in [0.25, 0.3) is 0 Å². The highest BCUT2D eigenvalue weighted by Crippen LogP contribution is 2.21. The molecule has 3 nitrogen and oxygen atoms in total. The van der Waals surface area contributed by atoms with Gasteiger partial charge in [0.25, 0.3) is 0 Å². The van der Waals surface area contributed by atoms with Crippen LogP contribution >= 0.6 is 11.3 Å². The molecule has 21 heavy (non-hydrogen) atoms. The number of rotatable bonds is 5. The highest BCUT2D eigenvalue weighted by Gasteiger charge is 2.15. The molecule has 0 bridgehead atoms. The van der Waals surface area contributed by atoms with Gasteiger partial charge >= 0.3 is 5.97 Å². The van der Waals surface area contributed by atoms with E-state index in [0.717, 1.165) is 17.4 Å². The number of carbonyl (C=O) groups excluding carboxylic acids is 2. The fourth-order valence-corrected chi connectivity index (χ4v) is 2.71. The largest absolute Gasteiger partial charge is 0.469 e. The average molecular weight is 310 g/mol. The Morgan fingerprint density at radius 3 is 2.62 bits per heavy atom. The number of carbonyl (C=O) groups is 2. The van der Waals surface area contributed by atoms with Crippen LogP contribution in [0.3, 0.4) is 0 Å². The van der Waals surface area contributed by atoms with Crippen molar-refractivity contribution in [2.75, 3.05) is 7.11 Å². The van der Waals surface area contributed by atoms with Gasteiger partial charge in [0.05, 0.1) is 18.4 Å². The Morgan fingerprint density at radius 1 is 1.14 bits per heavy atom. The first-order chi connectivity index (χ1) is 10.0. The first-order valence-electron chi connectivity index (χ1n) is 6.13. The Balaban J connectivity index is 2.10. The molecule has 0 spiro atoms. The van der Waals surface area contributed by atoms with E-state index in [1.54, 1.807) is 12.1 Å². The molecule has 6 heteroatoms. The van der Waals surface area contributed by atoms with Crippen LogP contribution in [0.1, 0.15) is 20.1 Å². The van der Waals surface area contributed by atoms with E-state index in [-0.39, 0.29) is 24.2 Å². The van der Waals surface area contributed by atoms with Crippen molar-refractivity contribution in [3.63, 3.8) is 0 Å². The quantitative estimate of drug-likeness (QED) is 0.629. The van der Waals surface area contributed by atoms with E-state index in [0.29, 0.717) is 9.75 Å². The number of halogens is 2. The molecule has 2 rings (SSSR count). The highest BCUT2D eigenvalue weighted by molar-refractivity contribution is 7.14. The summed E-state index contributed by atoms with van der Waals surface area (Å²) in [6, 6.07) is 6.96. The molecule has 110 valence electrons. The smallest absolute Gasteiger partial charge is 0.310 e. The number of methoxy groups -OCH3 is 1. The van der Waals surface area contributed by atoms with Crippen molar-refractivity contribution in [3.8, 4) is 0 Å². The monoisotopic (exact) mass is 310 g/mol. The third-order valence-corrected chi connectivity index (χ3v) is 3.99. The second-order valence-corrected chi connectivity index (χ2v) is 5.50. The first-order valence-corrected chi connectivity index (χ1v) is 6.94. The lowest BCUT2D eigenvalue weighted by Gasteiger charge is -2.02. The van der Waals surface area contributed by atoms with Crippen molar-refractivity contribution < 1.29 is 23.1 Å². The van der Waals surface area contributed by atoms with Gasteiger partial charge in [-0.15, -0.1) is 11.3 Å². The van der Waals surface area contributed by atoms with E-state index in [2.05, 4.69) is 4.74 Å². The summed E-state index contributed by atoms with van der Waals surface area (Å²) in [5.74, 6) is -2.69. The molecule has 0 radical (unpaired) electrons. The predicted molar refractivity (Wildman–Crippen MR) is 74.4 cm³/mol. The molecule has 0 aliphatic heterocycles. The summed E-state index contributed by atoms with van der Waals surface area (Å²) >= 11 is 1.15. The zero-order valence-electron chi connectivity index (χ0n) is 11.2. The molecule has 1 aromatic carbocycles. The van der Waals surface area contributed by atoms with E-state index >= 15 is 0 Å². The Morgan fingerprint density at radius 2 is 1.90 bits per heavy atom. The molecule has 1 aromatic heterocycles. The maximum Gasteiger partial charge on any atom is 0.310 e. The zero-order chi connectivity index (χ0) is 15.4. The summed E-state index contributed by atoms with van der Waals surface area (Å²) in [4.78, 5) is 24.3. The van der Waals surface area contributed by atoms with Gasteiger partial charge in [-0.3, -0.25) is 9.59 Å². The average Bonchev–Trinajstić information content (AvgIpc) is 2.92. The Kier molecular flexibility index (Phi) is 4.80. The number of hydrogen-bond donors (Lipinski definition) is 0. The van der Waals surface area contributed by atoms with Gasteiger partial charge in [0.1, 0.15) is 0 Å². The van der Waals surface area contributed by atoms with Crippen LogP contribution in [0.2, 0.25) is 0 Å². The number of thiophene rings is 1. The lowest BCUT2D eigenvalue weighted by molar-refractivity contribution is -0.139. The van der Waals surface area contributed by atoms with Crippen LogP contribution in [0.15, 0.2) is 30.3 Å². The number of benzene rings is 1. The van der Waals surface area contributed by atoms with Gasteiger partial charge in [0.15, 0.2) is 17.4 Å². The fraction of sp³-hybridized carbons (Fsp3) is 0.200. The highest BCUT2D eigenvalue weighted by atomic mass is 32.1. The first kappa shape index (κ1) is 15.3. The summed E-state index contributed by atoms with van der Waals surface area (Å²) in [6.07, 6.45) is -0.134. The topological polar surface area (TPSA) is 43.4 Å². The summed E-state index contributed by atoms with van der Waals surface area (Å²) in [6.45, 7) is 0. The van der Waals surface area contributed by atoms with Crippen molar-refractivity contribution in [1.29, 1.82) is 0 Å². The van der Waals surface area contributed by atoms with Crippen LogP contribution in [0, 0.1) is 11.6 Å². The summed E-state index contributed by atoms with van der Waals surface area (Å²) in [7, 11) is 1.29. The van der Waals surface area contributed by atoms with E-state index in [1.165, 1.54) is 19.2 Å². The van der Waals surface area contributed by atoms with Crippen molar-refractivity contribution >= 4 is 23.1 Å². The van der Waals surface area contributed by atoms with Crippen molar-refractivity contribution in [1.82, 2.24) is 0 Å². The molecule has 0 fully saturated rings. The fourth-order valence-electron chi connectivity index (χ4n) is 1.78. The lowest BCUT2D eigenvalue weighted by Crippen LogP contribution is -2.04. The molecule has 0 aliphatic rings. The minimum absolute atomic E-state index is 0.0166. The summed E-state index contributed by atoms with van der Waals surface area (Å²) in [5.41, 5.74) is 0.0166. The number of esters is 1. The molecular formula is C15H12F2O3S. The van der Waals surface area contributed by atoms with Gasteiger partial charge in [-0.05, 0) is 23.8 Å². The van der Waals surface area contributed by atoms with E-state index in [1.807, 2.05) is 0 Å². The Bertz CT molecular complexity index is 679. The van der Waals surface area contributed by atoms with Crippen molar-refractivity contribution in [2.24, 2.45) is 0 Å². The van der Waals surface area contributed by atoms with E-state index < -0.39 is 17.6 Å². The Hall–Kier alpha value is -2.08. The molecule has 0 amide bonds. The molecule has 0 unspecified atom stereocenters. The van der Waals surface area contributed by atoms with Crippen LogP contribution in [0.5, 0.6) is 0 Å². The molecular weight excluding hydrogens is 298 g/mol. The lowest BCUT2D eigenvalue weighted by atomic mass is 10.1. The second kappa shape index (κ2) is 6.58. The summed E-state index contributed by atoms with van der Waals surface area (Å²) in [5, 5.41) is 0. The molecule has 0 saturated carbocycles. The van der Waals surface area contributed by atoms with E-state index in [4.69, 9.17) is 0 Å². The standard InChI is InChI=1S/C15H12F2O3S/c1-20-14(19)8-10-5-6-13(21-10)12(18)7-9-3-2-4-11(16)15(9)17/h2-6H,7-8H2,1H3. The van der Waals surface area contributed by atoms with Gasteiger partial charge in [0, 0.05) is 11.3 Å². The van der Waals surface area contributed by atoms with Crippen LogP contribution in [-0.2, 0) is 22.4 Å². The Labute approximate surface area is 124 Å². The molecule has 1 heterocycles. The van der Waals surface area contributed by atoms with Gasteiger partial charge in [-0.2, -0.15) is 0 Å². The van der Waals surface area contributed by atoms with E-state index in [9.17, 15) is 18.4 Å². The van der Waals surface area contributed by atoms with Crippen molar-refractivity contribution in [2.45, 2.75) is 12.8 Å². The number of ketones is 1. The number of hydrogen-bond acceptors (Lipinski definition) is 4.